The Morgan fingerprint density at radius 1 is 1.00 bits per heavy atom. The Bertz CT molecular complexity index is 261. The standard InChI is InChI=1S/C9H12O.C2H2/c1-6-4-7(2)9(10)8(3)5-6;1-2/h4-5,10H,1-3H3;1-2H. The van der Waals surface area contributed by atoms with Crippen LogP contribution in [0.3, 0.4) is 0 Å². The molecule has 0 amide bonds. The van der Waals surface area contributed by atoms with Gasteiger partial charge < -0.3 is 5.11 Å². The number of benzene rings is 1. The normalized spacial score (nSPS) is 8.42. The maximum absolute atomic E-state index is 9.33. The minimum absolute atomic E-state index is 0.422. The highest BCUT2D eigenvalue weighted by Crippen LogP contribution is 2.21. The van der Waals surface area contributed by atoms with Gasteiger partial charge in [0.15, 0.2) is 0 Å². The van der Waals surface area contributed by atoms with Gasteiger partial charge in [0.05, 0.1) is 0 Å². The van der Waals surface area contributed by atoms with Crippen molar-refractivity contribution < 1.29 is 5.11 Å². The molecule has 1 aromatic carbocycles. The average molecular weight is 162 g/mol. The second-order valence-electron chi connectivity index (χ2n) is 2.75. The first-order valence-corrected chi connectivity index (χ1v) is 3.71. The van der Waals surface area contributed by atoms with Crippen LogP contribution in [0.4, 0.5) is 0 Å². The van der Waals surface area contributed by atoms with E-state index in [4.69, 9.17) is 0 Å². The van der Waals surface area contributed by atoms with E-state index in [1.165, 1.54) is 5.56 Å². The van der Waals surface area contributed by atoms with Gasteiger partial charge in [0, 0.05) is 0 Å². The zero-order valence-electron chi connectivity index (χ0n) is 7.76. The third-order valence-electron chi connectivity index (χ3n) is 1.64. The molecule has 64 valence electrons. The molecule has 0 saturated carbocycles. The fourth-order valence-corrected chi connectivity index (χ4v) is 1.17. The van der Waals surface area contributed by atoms with Gasteiger partial charge in [-0.15, -0.1) is 12.8 Å². The van der Waals surface area contributed by atoms with Gasteiger partial charge in [-0.2, -0.15) is 0 Å². The van der Waals surface area contributed by atoms with Crippen molar-refractivity contribution in [1.29, 1.82) is 0 Å². The van der Waals surface area contributed by atoms with E-state index >= 15 is 0 Å². The predicted molar refractivity (Wildman–Crippen MR) is 52.2 cm³/mol. The lowest BCUT2D eigenvalue weighted by atomic mass is 10.1. The smallest absolute Gasteiger partial charge is 0.121 e. The van der Waals surface area contributed by atoms with Crippen molar-refractivity contribution in [2.45, 2.75) is 20.8 Å². The average Bonchev–Trinajstić information content (AvgIpc) is 2.04. The summed E-state index contributed by atoms with van der Waals surface area (Å²) in [6.45, 7) is 5.85. The summed E-state index contributed by atoms with van der Waals surface area (Å²) >= 11 is 0. The number of phenolic OH excluding ortho intramolecular Hbond substituents is 1. The predicted octanol–water partition coefficient (Wildman–Crippen LogP) is 2.57. The molecule has 0 aliphatic carbocycles. The molecule has 0 fully saturated rings. The van der Waals surface area contributed by atoms with E-state index in [0.29, 0.717) is 5.75 Å². The number of hydrogen-bond acceptors (Lipinski definition) is 1. The Morgan fingerprint density at radius 3 is 1.67 bits per heavy atom. The molecule has 1 nitrogen and oxygen atoms in total. The molecule has 0 aliphatic rings. The summed E-state index contributed by atoms with van der Waals surface area (Å²) in [7, 11) is 0. The van der Waals surface area contributed by atoms with E-state index < -0.39 is 0 Å². The molecule has 0 bridgehead atoms. The third kappa shape index (κ3) is 2.32. The monoisotopic (exact) mass is 162 g/mol. The number of terminal acetylenes is 1. The first-order chi connectivity index (χ1) is 5.61. The van der Waals surface area contributed by atoms with E-state index in [1.54, 1.807) is 0 Å². The lowest BCUT2D eigenvalue weighted by Gasteiger charge is -2.03. The van der Waals surface area contributed by atoms with Crippen molar-refractivity contribution in [3.63, 3.8) is 0 Å². The van der Waals surface area contributed by atoms with Gasteiger partial charge in [-0.05, 0) is 31.9 Å². The van der Waals surface area contributed by atoms with E-state index in [9.17, 15) is 5.11 Å². The van der Waals surface area contributed by atoms with Crippen LogP contribution >= 0.6 is 0 Å². The summed E-state index contributed by atoms with van der Waals surface area (Å²) in [6, 6.07) is 3.95. The van der Waals surface area contributed by atoms with Crippen LogP contribution in [0.15, 0.2) is 12.1 Å². The van der Waals surface area contributed by atoms with Crippen LogP contribution in [0.25, 0.3) is 0 Å². The zero-order chi connectivity index (χ0) is 9.72. The van der Waals surface area contributed by atoms with Crippen molar-refractivity contribution in [3.05, 3.63) is 28.8 Å². The first kappa shape index (κ1) is 10.6. The largest absolute Gasteiger partial charge is 0.507 e. The number of aromatic hydroxyl groups is 1. The van der Waals surface area contributed by atoms with Gasteiger partial charge >= 0.3 is 0 Å². The number of aryl methyl sites for hydroxylation is 3. The molecular formula is C11H14O. The summed E-state index contributed by atoms with van der Waals surface area (Å²) in [5.41, 5.74) is 3.11. The van der Waals surface area contributed by atoms with Crippen molar-refractivity contribution in [3.8, 4) is 18.6 Å². The zero-order valence-corrected chi connectivity index (χ0v) is 7.76. The van der Waals surface area contributed by atoms with Gasteiger partial charge in [0.25, 0.3) is 0 Å². The van der Waals surface area contributed by atoms with Crippen LogP contribution in [0.2, 0.25) is 0 Å². The molecule has 0 unspecified atom stereocenters. The number of phenols is 1. The van der Waals surface area contributed by atoms with Crippen molar-refractivity contribution >= 4 is 0 Å². The molecule has 0 atom stereocenters. The number of rotatable bonds is 0. The van der Waals surface area contributed by atoms with Crippen LogP contribution in [-0.4, -0.2) is 5.11 Å². The molecule has 0 heterocycles. The molecular weight excluding hydrogens is 148 g/mol. The minimum Gasteiger partial charge on any atom is -0.507 e. The second-order valence-corrected chi connectivity index (χ2v) is 2.75. The van der Waals surface area contributed by atoms with Gasteiger partial charge in [-0.1, -0.05) is 17.7 Å². The van der Waals surface area contributed by atoms with Crippen molar-refractivity contribution in [2.75, 3.05) is 0 Å². The molecule has 1 heteroatoms. The van der Waals surface area contributed by atoms with Crippen LogP contribution in [0, 0.1) is 33.6 Å². The molecule has 0 saturated heterocycles. The number of hydrogen-bond donors (Lipinski definition) is 1. The first-order valence-electron chi connectivity index (χ1n) is 3.71. The molecule has 1 rings (SSSR count). The summed E-state index contributed by atoms with van der Waals surface area (Å²) in [4.78, 5) is 0. The Balaban J connectivity index is 0.000000561. The Hall–Kier alpha value is -1.42. The fraction of sp³-hybridized carbons (Fsp3) is 0.273. The van der Waals surface area contributed by atoms with E-state index in [0.717, 1.165) is 11.1 Å². The molecule has 0 spiro atoms. The van der Waals surface area contributed by atoms with Crippen LogP contribution in [0.1, 0.15) is 16.7 Å². The summed E-state index contributed by atoms with van der Waals surface area (Å²) in [5, 5.41) is 9.33. The Kier molecular flexibility index (Phi) is 3.93. The Labute approximate surface area is 74.1 Å². The van der Waals surface area contributed by atoms with Gasteiger partial charge in [0.1, 0.15) is 5.75 Å². The lowest BCUT2D eigenvalue weighted by molar-refractivity contribution is 0.466. The van der Waals surface area contributed by atoms with E-state index in [2.05, 4.69) is 12.8 Å². The molecule has 1 N–H and O–H groups in total. The minimum atomic E-state index is 0.422. The molecule has 0 aliphatic heterocycles. The second kappa shape index (κ2) is 4.46. The summed E-state index contributed by atoms with van der Waals surface area (Å²) in [6.07, 6.45) is 8.00. The maximum atomic E-state index is 9.33. The van der Waals surface area contributed by atoms with E-state index in [-0.39, 0.29) is 0 Å². The molecule has 0 aromatic heterocycles. The van der Waals surface area contributed by atoms with Crippen LogP contribution in [0.5, 0.6) is 5.75 Å². The highest BCUT2D eigenvalue weighted by molar-refractivity contribution is 5.41. The molecule has 1 aromatic rings. The lowest BCUT2D eigenvalue weighted by Crippen LogP contribution is -1.81. The van der Waals surface area contributed by atoms with Gasteiger partial charge in [0.2, 0.25) is 0 Å². The summed E-state index contributed by atoms with van der Waals surface area (Å²) in [5.74, 6) is 0.422. The van der Waals surface area contributed by atoms with Crippen LogP contribution < -0.4 is 0 Å². The summed E-state index contributed by atoms with van der Waals surface area (Å²) < 4.78 is 0. The highest BCUT2D eigenvalue weighted by atomic mass is 16.3. The van der Waals surface area contributed by atoms with Crippen LogP contribution in [-0.2, 0) is 0 Å². The van der Waals surface area contributed by atoms with Gasteiger partial charge in [-0.25, -0.2) is 0 Å². The van der Waals surface area contributed by atoms with Crippen molar-refractivity contribution in [1.82, 2.24) is 0 Å². The molecule has 12 heavy (non-hydrogen) atoms. The third-order valence-corrected chi connectivity index (χ3v) is 1.64. The van der Waals surface area contributed by atoms with E-state index in [1.807, 2.05) is 32.9 Å². The highest BCUT2D eigenvalue weighted by Gasteiger charge is 1.98. The Morgan fingerprint density at radius 2 is 1.33 bits per heavy atom. The quantitative estimate of drug-likeness (QED) is 0.581. The SMILES string of the molecule is C#C.Cc1cc(C)c(O)c(C)c1. The fourth-order valence-electron chi connectivity index (χ4n) is 1.17. The molecule has 0 radical (unpaired) electrons. The van der Waals surface area contributed by atoms with Gasteiger partial charge in [-0.3, -0.25) is 0 Å². The maximum Gasteiger partial charge on any atom is 0.121 e. The van der Waals surface area contributed by atoms with Crippen molar-refractivity contribution in [2.24, 2.45) is 0 Å². The topological polar surface area (TPSA) is 20.2 Å².